The number of phenolic OH excluding ortho intramolecular Hbond substituents is 3. The van der Waals surface area contributed by atoms with Crippen LogP contribution in [0.25, 0.3) is 0 Å². The molecule has 21 heavy (non-hydrogen) atoms. The molecule has 0 fully saturated rings. The second kappa shape index (κ2) is 7.55. The van der Waals surface area contributed by atoms with E-state index in [2.05, 4.69) is 5.32 Å². The van der Waals surface area contributed by atoms with E-state index >= 15 is 0 Å². The first kappa shape index (κ1) is 15.2. The number of rotatable bonds is 7. The van der Waals surface area contributed by atoms with E-state index in [1.165, 1.54) is 6.07 Å². The van der Waals surface area contributed by atoms with E-state index in [-0.39, 0.29) is 11.5 Å². The third-order valence-electron chi connectivity index (χ3n) is 3.36. The van der Waals surface area contributed by atoms with Gasteiger partial charge in [0.2, 0.25) is 0 Å². The fraction of sp³-hybridized carbons (Fsp3) is 0.294. The molecule has 0 atom stereocenters. The summed E-state index contributed by atoms with van der Waals surface area (Å²) < 4.78 is 0. The molecule has 0 heterocycles. The molecule has 0 unspecified atom stereocenters. The van der Waals surface area contributed by atoms with Gasteiger partial charge in [0.1, 0.15) is 5.75 Å². The van der Waals surface area contributed by atoms with Crippen molar-refractivity contribution in [1.82, 2.24) is 5.32 Å². The molecule has 0 aromatic heterocycles. The van der Waals surface area contributed by atoms with Crippen LogP contribution >= 0.6 is 0 Å². The van der Waals surface area contributed by atoms with Crippen molar-refractivity contribution in [3.05, 3.63) is 53.6 Å². The van der Waals surface area contributed by atoms with Gasteiger partial charge in [0.15, 0.2) is 11.5 Å². The van der Waals surface area contributed by atoms with Crippen LogP contribution in [0.4, 0.5) is 0 Å². The van der Waals surface area contributed by atoms with Crippen LogP contribution < -0.4 is 5.32 Å². The molecule has 4 N–H and O–H groups in total. The summed E-state index contributed by atoms with van der Waals surface area (Å²) in [6.45, 7) is 1.73. The Balaban J connectivity index is 1.63. The van der Waals surface area contributed by atoms with Crippen molar-refractivity contribution in [1.29, 1.82) is 0 Å². The average Bonchev–Trinajstić information content (AvgIpc) is 2.46. The van der Waals surface area contributed by atoms with Crippen LogP contribution in [0, 0.1) is 0 Å². The molecule has 0 aliphatic heterocycles. The Bertz CT molecular complexity index is 584. The van der Waals surface area contributed by atoms with Crippen LogP contribution in [0.15, 0.2) is 42.5 Å². The molecular formula is C17H21NO3. The van der Waals surface area contributed by atoms with E-state index in [1.807, 2.05) is 18.2 Å². The molecule has 4 nitrogen and oxygen atoms in total. The number of phenols is 3. The normalized spacial score (nSPS) is 10.7. The van der Waals surface area contributed by atoms with Gasteiger partial charge >= 0.3 is 0 Å². The molecule has 0 radical (unpaired) electrons. The zero-order valence-corrected chi connectivity index (χ0v) is 11.9. The molecular weight excluding hydrogens is 266 g/mol. The summed E-state index contributed by atoms with van der Waals surface area (Å²) in [6, 6.07) is 12.2. The first-order valence-corrected chi connectivity index (χ1v) is 7.14. The molecule has 0 saturated heterocycles. The van der Waals surface area contributed by atoms with Crippen molar-refractivity contribution < 1.29 is 15.3 Å². The molecule has 0 aliphatic rings. The lowest BCUT2D eigenvalue weighted by Gasteiger charge is -2.06. The monoisotopic (exact) mass is 287 g/mol. The van der Waals surface area contributed by atoms with Crippen molar-refractivity contribution >= 4 is 0 Å². The van der Waals surface area contributed by atoms with Gasteiger partial charge < -0.3 is 20.6 Å². The Hall–Kier alpha value is -2.20. The third kappa shape index (κ3) is 5.00. The van der Waals surface area contributed by atoms with Gasteiger partial charge in [-0.15, -0.1) is 0 Å². The Morgan fingerprint density at radius 3 is 2.33 bits per heavy atom. The summed E-state index contributed by atoms with van der Waals surface area (Å²) in [5.74, 6) is 0.154. The van der Waals surface area contributed by atoms with Crippen molar-refractivity contribution in [2.45, 2.75) is 19.3 Å². The van der Waals surface area contributed by atoms with Gasteiger partial charge in [-0.3, -0.25) is 0 Å². The highest BCUT2D eigenvalue weighted by Gasteiger charge is 2.00. The highest BCUT2D eigenvalue weighted by molar-refractivity contribution is 5.40. The lowest BCUT2D eigenvalue weighted by molar-refractivity contribution is 0.403. The summed E-state index contributed by atoms with van der Waals surface area (Å²) in [5.41, 5.74) is 2.13. The minimum atomic E-state index is -0.0853. The lowest BCUT2D eigenvalue weighted by atomic mass is 10.1. The summed E-state index contributed by atoms with van der Waals surface area (Å²) in [5, 5.41) is 31.3. The van der Waals surface area contributed by atoms with Gasteiger partial charge in [0.25, 0.3) is 0 Å². The predicted molar refractivity (Wildman–Crippen MR) is 82.8 cm³/mol. The fourth-order valence-corrected chi connectivity index (χ4v) is 2.21. The summed E-state index contributed by atoms with van der Waals surface area (Å²) in [6.07, 6.45) is 2.74. The van der Waals surface area contributed by atoms with E-state index < -0.39 is 0 Å². The molecule has 0 saturated carbocycles. The van der Waals surface area contributed by atoms with Gasteiger partial charge in [-0.1, -0.05) is 18.2 Å². The zero-order chi connectivity index (χ0) is 15.1. The van der Waals surface area contributed by atoms with Crippen molar-refractivity contribution in [2.75, 3.05) is 13.1 Å². The lowest BCUT2D eigenvalue weighted by Crippen LogP contribution is -2.19. The highest BCUT2D eigenvalue weighted by atomic mass is 16.3. The van der Waals surface area contributed by atoms with E-state index in [4.69, 9.17) is 0 Å². The molecule has 2 aromatic carbocycles. The second-order valence-electron chi connectivity index (χ2n) is 5.10. The molecule has 0 bridgehead atoms. The molecule has 2 aromatic rings. The predicted octanol–water partition coefficient (Wildman–Crippen LogP) is 2.57. The number of nitrogens with one attached hydrogen (secondary N) is 1. The number of hydrogen-bond donors (Lipinski definition) is 4. The van der Waals surface area contributed by atoms with E-state index in [0.717, 1.165) is 43.5 Å². The first-order valence-electron chi connectivity index (χ1n) is 7.14. The van der Waals surface area contributed by atoms with Crippen LogP contribution in [-0.2, 0) is 12.8 Å². The molecule has 0 spiro atoms. The second-order valence-corrected chi connectivity index (χ2v) is 5.10. The number of hydrogen-bond acceptors (Lipinski definition) is 4. The SMILES string of the molecule is Oc1cccc(CCCNCCc2ccc(O)c(O)c2)c1. The van der Waals surface area contributed by atoms with Crippen LogP contribution in [0.5, 0.6) is 17.2 Å². The summed E-state index contributed by atoms with van der Waals surface area (Å²) in [4.78, 5) is 0. The van der Waals surface area contributed by atoms with Gasteiger partial charge in [-0.05, 0) is 67.7 Å². The molecule has 0 amide bonds. The Morgan fingerprint density at radius 1 is 0.762 bits per heavy atom. The van der Waals surface area contributed by atoms with Crippen LogP contribution in [-0.4, -0.2) is 28.4 Å². The Morgan fingerprint density at radius 2 is 1.57 bits per heavy atom. The zero-order valence-electron chi connectivity index (χ0n) is 11.9. The molecule has 4 heteroatoms. The van der Waals surface area contributed by atoms with Crippen LogP contribution in [0.1, 0.15) is 17.5 Å². The molecule has 2 rings (SSSR count). The van der Waals surface area contributed by atoms with E-state index in [1.54, 1.807) is 18.2 Å². The third-order valence-corrected chi connectivity index (χ3v) is 3.36. The number of aryl methyl sites for hydroxylation is 1. The largest absolute Gasteiger partial charge is 0.508 e. The summed E-state index contributed by atoms with van der Waals surface area (Å²) >= 11 is 0. The smallest absolute Gasteiger partial charge is 0.157 e. The molecule has 0 aliphatic carbocycles. The quantitative estimate of drug-likeness (QED) is 0.466. The van der Waals surface area contributed by atoms with Gasteiger partial charge in [-0.25, -0.2) is 0 Å². The van der Waals surface area contributed by atoms with Crippen molar-refractivity contribution in [3.8, 4) is 17.2 Å². The standard InChI is InChI=1S/C17H21NO3/c19-15-5-1-3-13(11-15)4-2-9-18-10-8-14-6-7-16(20)17(21)12-14/h1,3,5-7,11-12,18-21H,2,4,8-10H2. The van der Waals surface area contributed by atoms with Crippen molar-refractivity contribution in [2.24, 2.45) is 0 Å². The van der Waals surface area contributed by atoms with Crippen LogP contribution in [0.3, 0.4) is 0 Å². The maximum Gasteiger partial charge on any atom is 0.157 e. The number of aromatic hydroxyl groups is 3. The van der Waals surface area contributed by atoms with Gasteiger partial charge in [0, 0.05) is 0 Å². The topological polar surface area (TPSA) is 72.7 Å². The van der Waals surface area contributed by atoms with Gasteiger partial charge in [-0.2, -0.15) is 0 Å². The van der Waals surface area contributed by atoms with Crippen molar-refractivity contribution in [3.63, 3.8) is 0 Å². The van der Waals surface area contributed by atoms with E-state index in [0.29, 0.717) is 5.75 Å². The minimum Gasteiger partial charge on any atom is -0.508 e. The Labute approximate surface area is 124 Å². The molecule has 112 valence electrons. The summed E-state index contributed by atoms with van der Waals surface area (Å²) in [7, 11) is 0. The maximum absolute atomic E-state index is 9.40. The number of benzene rings is 2. The fourth-order valence-electron chi connectivity index (χ4n) is 2.21. The van der Waals surface area contributed by atoms with Crippen LogP contribution in [0.2, 0.25) is 0 Å². The first-order chi connectivity index (χ1) is 10.1. The maximum atomic E-state index is 9.40. The minimum absolute atomic E-state index is 0.0728. The van der Waals surface area contributed by atoms with E-state index in [9.17, 15) is 15.3 Å². The average molecular weight is 287 g/mol. The highest BCUT2D eigenvalue weighted by Crippen LogP contribution is 2.24. The Kier molecular flexibility index (Phi) is 5.46. The van der Waals surface area contributed by atoms with Gasteiger partial charge in [0.05, 0.1) is 0 Å².